The minimum Gasteiger partial charge on any atom is -0.494 e. The summed E-state index contributed by atoms with van der Waals surface area (Å²) in [6, 6.07) is 8.14. The van der Waals surface area contributed by atoms with Gasteiger partial charge in [-0.1, -0.05) is 26.0 Å². The standard InChI is InChI=1S/C17H29N3O/c1-5-21-16-10-6-9-15(12-16)13-20-17(18-4)19-11-7-8-14(2)3/h6,9-10,12,14H,5,7-8,11,13H2,1-4H3,(H2,18,19,20). The molecule has 118 valence electrons. The van der Waals surface area contributed by atoms with E-state index < -0.39 is 0 Å². The van der Waals surface area contributed by atoms with Crippen LogP contribution in [0.1, 0.15) is 39.2 Å². The van der Waals surface area contributed by atoms with E-state index in [1.807, 2.05) is 19.1 Å². The molecule has 1 aromatic carbocycles. The summed E-state index contributed by atoms with van der Waals surface area (Å²) in [6.45, 7) is 8.88. The average Bonchev–Trinajstić information content (AvgIpc) is 2.47. The number of aliphatic imine (C=N–C) groups is 1. The summed E-state index contributed by atoms with van der Waals surface area (Å²) in [7, 11) is 1.80. The monoisotopic (exact) mass is 291 g/mol. The highest BCUT2D eigenvalue weighted by molar-refractivity contribution is 5.79. The molecule has 0 aliphatic heterocycles. The molecule has 4 heteroatoms. The molecule has 2 N–H and O–H groups in total. The lowest BCUT2D eigenvalue weighted by atomic mass is 10.1. The van der Waals surface area contributed by atoms with Crippen molar-refractivity contribution in [1.82, 2.24) is 10.6 Å². The minimum absolute atomic E-state index is 0.690. The van der Waals surface area contributed by atoms with Crippen LogP contribution in [0.3, 0.4) is 0 Å². The molecule has 0 spiro atoms. The Hall–Kier alpha value is -1.71. The van der Waals surface area contributed by atoms with E-state index in [2.05, 4.69) is 41.6 Å². The van der Waals surface area contributed by atoms with Crippen LogP contribution < -0.4 is 15.4 Å². The van der Waals surface area contributed by atoms with Crippen molar-refractivity contribution in [2.75, 3.05) is 20.2 Å². The van der Waals surface area contributed by atoms with Crippen molar-refractivity contribution >= 4 is 5.96 Å². The van der Waals surface area contributed by atoms with Crippen molar-refractivity contribution in [2.24, 2.45) is 10.9 Å². The summed E-state index contributed by atoms with van der Waals surface area (Å²) in [5.41, 5.74) is 1.19. The molecular formula is C17H29N3O. The van der Waals surface area contributed by atoms with Crippen molar-refractivity contribution in [1.29, 1.82) is 0 Å². The van der Waals surface area contributed by atoms with Gasteiger partial charge in [0.25, 0.3) is 0 Å². The van der Waals surface area contributed by atoms with Crippen LogP contribution in [0.4, 0.5) is 0 Å². The number of guanidine groups is 1. The lowest BCUT2D eigenvalue weighted by molar-refractivity contribution is 0.340. The first kappa shape index (κ1) is 17.3. The Kier molecular flexibility index (Phi) is 8.32. The number of nitrogens with one attached hydrogen (secondary N) is 2. The smallest absolute Gasteiger partial charge is 0.191 e. The van der Waals surface area contributed by atoms with Crippen molar-refractivity contribution in [3.63, 3.8) is 0 Å². The molecule has 0 atom stereocenters. The second-order valence-corrected chi connectivity index (χ2v) is 5.47. The van der Waals surface area contributed by atoms with Gasteiger partial charge in [-0.15, -0.1) is 0 Å². The Morgan fingerprint density at radius 2 is 2.10 bits per heavy atom. The summed E-state index contributed by atoms with van der Waals surface area (Å²) in [5.74, 6) is 2.51. The topological polar surface area (TPSA) is 45.6 Å². The maximum atomic E-state index is 5.51. The molecule has 1 aromatic rings. The predicted octanol–water partition coefficient (Wildman–Crippen LogP) is 3.19. The predicted molar refractivity (Wildman–Crippen MR) is 89.9 cm³/mol. The molecule has 0 amide bonds. The number of benzene rings is 1. The van der Waals surface area contributed by atoms with Crippen LogP contribution >= 0.6 is 0 Å². The van der Waals surface area contributed by atoms with E-state index in [9.17, 15) is 0 Å². The number of hydrogen-bond donors (Lipinski definition) is 2. The van der Waals surface area contributed by atoms with Gasteiger partial charge in [0.1, 0.15) is 5.75 Å². The molecule has 0 aliphatic carbocycles. The molecule has 0 fully saturated rings. The highest BCUT2D eigenvalue weighted by Gasteiger charge is 2.00. The van der Waals surface area contributed by atoms with Crippen LogP contribution in [0, 0.1) is 5.92 Å². The third kappa shape index (κ3) is 7.59. The van der Waals surface area contributed by atoms with Gasteiger partial charge in [-0.25, -0.2) is 0 Å². The summed E-state index contributed by atoms with van der Waals surface area (Å²) in [4.78, 5) is 4.24. The summed E-state index contributed by atoms with van der Waals surface area (Å²) in [6.07, 6.45) is 2.40. The van der Waals surface area contributed by atoms with Crippen LogP contribution in [0.15, 0.2) is 29.3 Å². The van der Waals surface area contributed by atoms with Gasteiger partial charge in [-0.05, 0) is 43.4 Å². The molecule has 0 saturated heterocycles. The van der Waals surface area contributed by atoms with E-state index in [1.54, 1.807) is 7.05 Å². The van der Waals surface area contributed by atoms with E-state index in [-0.39, 0.29) is 0 Å². The van der Waals surface area contributed by atoms with Gasteiger partial charge in [0.2, 0.25) is 0 Å². The Bertz CT molecular complexity index is 430. The lowest BCUT2D eigenvalue weighted by Gasteiger charge is -2.13. The molecular weight excluding hydrogens is 262 g/mol. The molecule has 0 bridgehead atoms. The third-order valence-electron chi connectivity index (χ3n) is 3.14. The van der Waals surface area contributed by atoms with E-state index in [1.165, 1.54) is 12.0 Å². The SMILES string of the molecule is CCOc1cccc(CNC(=NC)NCCCC(C)C)c1. The van der Waals surface area contributed by atoms with Gasteiger partial charge in [-0.3, -0.25) is 4.99 Å². The van der Waals surface area contributed by atoms with E-state index in [4.69, 9.17) is 4.74 Å². The third-order valence-corrected chi connectivity index (χ3v) is 3.14. The van der Waals surface area contributed by atoms with Gasteiger partial charge in [0.05, 0.1) is 6.61 Å². The second-order valence-electron chi connectivity index (χ2n) is 5.47. The fraction of sp³-hybridized carbons (Fsp3) is 0.588. The van der Waals surface area contributed by atoms with Gasteiger partial charge in [0.15, 0.2) is 5.96 Å². The van der Waals surface area contributed by atoms with Crippen molar-refractivity contribution < 1.29 is 4.74 Å². The van der Waals surface area contributed by atoms with Gasteiger partial charge >= 0.3 is 0 Å². The maximum Gasteiger partial charge on any atom is 0.191 e. The first-order valence-electron chi connectivity index (χ1n) is 7.82. The number of hydrogen-bond acceptors (Lipinski definition) is 2. The lowest BCUT2D eigenvalue weighted by Crippen LogP contribution is -2.37. The van der Waals surface area contributed by atoms with E-state index in [0.29, 0.717) is 6.61 Å². The molecule has 0 aliphatic rings. The molecule has 21 heavy (non-hydrogen) atoms. The Morgan fingerprint density at radius 3 is 2.76 bits per heavy atom. The average molecular weight is 291 g/mol. The first-order chi connectivity index (χ1) is 10.2. The molecule has 4 nitrogen and oxygen atoms in total. The molecule has 1 rings (SSSR count). The molecule has 0 saturated carbocycles. The van der Waals surface area contributed by atoms with Crippen molar-refractivity contribution in [3.05, 3.63) is 29.8 Å². The van der Waals surface area contributed by atoms with Crippen LogP contribution in [-0.2, 0) is 6.54 Å². The Balaban J connectivity index is 2.36. The fourth-order valence-electron chi connectivity index (χ4n) is 2.04. The molecule has 0 radical (unpaired) electrons. The van der Waals surface area contributed by atoms with E-state index >= 15 is 0 Å². The summed E-state index contributed by atoms with van der Waals surface area (Å²) < 4.78 is 5.51. The Morgan fingerprint density at radius 1 is 1.29 bits per heavy atom. The second kappa shape index (κ2) is 10.1. The zero-order valence-electron chi connectivity index (χ0n) is 13.8. The molecule has 0 heterocycles. The first-order valence-corrected chi connectivity index (χ1v) is 7.82. The highest BCUT2D eigenvalue weighted by Crippen LogP contribution is 2.12. The number of ether oxygens (including phenoxy) is 1. The normalized spacial score (nSPS) is 11.6. The zero-order chi connectivity index (χ0) is 15.5. The fourth-order valence-corrected chi connectivity index (χ4v) is 2.04. The van der Waals surface area contributed by atoms with Gasteiger partial charge in [0, 0.05) is 20.1 Å². The van der Waals surface area contributed by atoms with Crippen LogP contribution in [-0.4, -0.2) is 26.2 Å². The molecule has 0 aromatic heterocycles. The van der Waals surface area contributed by atoms with Crippen LogP contribution in [0.2, 0.25) is 0 Å². The van der Waals surface area contributed by atoms with Crippen molar-refractivity contribution in [3.8, 4) is 5.75 Å². The van der Waals surface area contributed by atoms with Gasteiger partial charge in [-0.2, -0.15) is 0 Å². The number of rotatable bonds is 8. The highest BCUT2D eigenvalue weighted by atomic mass is 16.5. The molecule has 0 unspecified atom stereocenters. The van der Waals surface area contributed by atoms with Crippen LogP contribution in [0.25, 0.3) is 0 Å². The van der Waals surface area contributed by atoms with Crippen molar-refractivity contribution in [2.45, 2.75) is 40.2 Å². The summed E-state index contributed by atoms with van der Waals surface area (Å²) >= 11 is 0. The maximum absolute atomic E-state index is 5.51. The quantitative estimate of drug-likeness (QED) is 0.439. The van der Waals surface area contributed by atoms with E-state index in [0.717, 1.165) is 37.1 Å². The zero-order valence-corrected chi connectivity index (χ0v) is 13.8. The Labute approximate surface area is 129 Å². The minimum atomic E-state index is 0.690. The van der Waals surface area contributed by atoms with Gasteiger partial charge < -0.3 is 15.4 Å². The number of nitrogens with zero attached hydrogens (tertiary/aromatic N) is 1. The van der Waals surface area contributed by atoms with Crippen LogP contribution in [0.5, 0.6) is 5.75 Å². The summed E-state index contributed by atoms with van der Waals surface area (Å²) in [5, 5.41) is 6.67. The largest absolute Gasteiger partial charge is 0.494 e.